The summed E-state index contributed by atoms with van der Waals surface area (Å²) >= 11 is 3.25. The van der Waals surface area contributed by atoms with Crippen molar-refractivity contribution < 1.29 is 14.0 Å². The molecule has 0 unspecified atom stereocenters. The van der Waals surface area contributed by atoms with Crippen LogP contribution in [0.3, 0.4) is 0 Å². The van der Waals surface area contributed by atoms with Gasteiger partial charge in [0, 0.05) is 11.0 Å². The Kier molecular flexibility index (Phi) is 4.61. The van der Waals surface area contributed by atoms with Crippen LogP contribution in [0.5, 0.6) is 0 Å². The lowest BCUT2D eigenvalue weighted by atomic mass is 10.2. The summed E-state index contributed by atoms with van der Waals surface area (Å²) < 4.78 is 13.6. The second-order valence-corrected chi connectivity index (χ2v) is 4.25. The Morgan fingerprint density at radius 1 is 1.44 bits per heavy atom. The van der Waals surface area contributed by atoms with Gasteiger partial charge in [-0.2, -0.15) is 0 Å². The minimum atomic E-state index is -0.362. The second-order valence-electron chi connectivity index (χ2n) is 3.39. The van der Waals surface area contributed by atoms with Crippen molar-refractivity contribution in [1.29, 1.82) is 0 Å². The Balaban J connectivity index is 2.57. The van der Waals surface area contributed by atoms with Crippen molar-refractivity contribution in [2.75, 3.05) is 0 Å². The molecule has 1 aromatic carbocycles. The van der Waals surface area contributed by atoms with Crippen LogP contribution in [-0.2, 0) is 16.1 Å². The van der Waals surface area contributed by atoms with Crippen LogP contribution in [0.2, 0.25) is 0 Å². The van der Waals surface area contributed by atoms with Gasteiger partial charge < -0.3 is 5.32 Å². The van der Waals surface area contributed by atoms with Crippen LogP contribution in [0.1, 0.15) is 18.9 Å². The quantitative estimate of drug-likeness (QED) is 0.863. The van der Waals surface area contributed by atoms with E-state index in [9.17, 15) is 14.0 Å². The molecule has 0 aromatic heterocycles. The summed E-state index contributed by atoms with van der Waals surface area (Å²) in [6.07, 6.45) is -0.146. The van der Waals surface area contributed by atoms with Crippen molar-refractivity contribution in [2.45, 2.75) is 19.9 Å². The molecular weight excluding hydrogens is 277 g/mol. The number of benzene rings is 1. The standard InChI is InChI=1S/C11H11BrFNO2/c1-7(15)4-11(16)14-6-8-5-9(13)2-3-10(8)12/h2-3,5H,4,6H2,1H3,(H,14,16). The molecule has 0 heterocycles. The summed E-state index contributed by atoms with van der Waals surface area (Å²) in [6, 6.07) is 4.23. The fourth-order valence-corrected chi connectivity index (χ4v) is 1.55. The van der Waals surface area contributed by atoms with Gasteiger partial charge in [-0.1, -0.05) is 15.9 Å². The lowest BCUT2D eigenvalue weighted by Crippen LogP contribution is -2.24. The van der Waals surface area contributed by atoms with Crippen LogP contribution < -0.4 is 5.32 Å². The van der Waals surface area contributed by atoms with Gasteiger partial charge in [-0.25, -0.2) is 4.39 Å². The molecule has 1 amide bonds. The minimum absolute atomic E-state index is 0.146. The van der Waals surface area contributed by atoms with Gasteiger partial charge in [0.2, 0.25) is 5.91 Å². The van der Waals surface area contributed by atoms with Crippen molar-refractivity contribution in [2.24, 2.45) is 0 Å². The molecule has 0 aliphatic rings. The van der Waals surface area contributed by atoms with E-state index in [4.69, 9.17) is 0 Å². The number of nitrogens with one attached hydrogen (secondary N) is 1. The average molecular weight is 288 g/mol. The van der Waals surface area contributed by atoms with Crippen molar-refractivity contribution in [3.8, 4) is 0 Å². The second kappa shape index (κ2) is 5.75. The number of ketones is 1. The van der Waals surface area contributed by atoms with E-state index < -0.39 is 0 Å². The molecule has 1 N–H and O–H groups in total. The molecule has 0 spiro atoms. The van der Waals surface area contributed by atoms with Gasteiger partial charge in [-0.3, -0.25) is 9.59 Å². The average Bonchev–Trinajstić information content (AvgIpc) is 2.18. The summed E-state index contributed by atoms with van der Waals surface area (Å²) in [7, 11) is 0. The Bertz CT molecular complexity index is 420. The zero-order valence-electron chi connectivity index (χ0n) is 8.72. The Labute approximate surface area is 101 Å². The van der Waals surface area contributed by atoms with Gasteiger partial charge in [-0.05, 0) is 30.7 Å². The molecular formula is C11H11BrFNO2. The predicted molar refractivity (Wildman–Crippen MR) is 61.2 cm³/mol. The molecule has 5 heteroatoms. The highest BCUT2D eigenvalue weighted by Crippen LogP contribution is 2.17. The van der Waals surface area contributed by atoms with Gasteiger partial charge in [0.25, 0.3) is 0 Å². The maximum Gasteiger partial charge on any atom is 0.227 e. The van der Waals surface area contributed by atoms with Crippen molar-refractivity contribution >= 4 is 27.6 Å². The van der Waals surface area contributed by atoms with E-state index in [-0.39, 0.29) is 30.5 Å². The SMILES string of the molecule is CC(=O)CC(=O)NCc1cc(F)ccc1Br. The molecule has 1 aromatic rings. The normalized spacial score (nSPS) is 9.94. The molecule has 0 saturated heterocycles. The molecule has 0 aliphatic heterocycles. The third kappa shape index (κ3) is 4.10. The van der Waals surface area contributed by atoms with Crippen LogP contribution in [0.25, 0.3) is 0 Å². The van der Waals surface area contributed by atoms with Gasteiger partial charge >= 0.3 is 0 Å². The summed E-state index contributed by atoms with van der Waals surface area (Å²) in [5.41, 5.74) is 0.636. The van der Waals surface area contributed by atoms with Gasteiger partial charge in [0.05, 0.1) is 6.42 Å². The number of amides is 1. The largest absolute Gasteiger partial charge is 0.352 e. The number of carbonyl (C=O) groups excluding carboxylic acids is 2. The van der Waals surface area contributed by atoms with E-state index in [1.165, 1.54) is 19.1 Å². The van der Waals surface area contributed by atoms with Gasteiger partial charge in [0.1, 0.15) is 11.6 Å². The lowest BCUT2D eigenvalue weighted by molar-refractivity contribution is -0.127. The summed E-state index contributed by atoms with van der Waals surface area (Å²) in [5.74, 6) is -0.918. The van der Waals surface area contributed by atoms with E-state index in [2.05, 4.69) is 21.2 Å². The number of Topliss-reactive ketones (excluding diaryl/α,β-unsaturated/α-hetero) is 1. The molecule has 0 bridgehead atoms. The van der Waals surface area contributed by atoms with Crippen molar-refractivity contribution in [3.63, 3.8) is 0 Å². The summed E-state index contributed by atoms with van der Waals surface area (Å²) in [6.45, 7) is 1.54. The smallest absolute Gasteiger partial charge is 0.227 e. The predicted octanol–water partition coefficient (Wildman–Crippen LogP) is 2.18. The molecule has 0 fully saturated rings. The first-order chi connectivity index (χ1) is 7.49. The third-order valence-corrected chi connectivity index (χ3v) is 2.67. The van der Waals surface area contributed by atoms with Gasteiger partial charge in [-0.15, -0.1) is 0 Å². The number of hydrogen-bond donors (Lipinski definition) is 1. The highest BCUT2D eigenvalue weighted by atomic mass is 79.9. The highest BCUT2D eigenvalue weighted by molar-refractivity contribution is 9.10. The third-order valence-electron chi connectivity index (χ3n) is 1.89. The molecule has 16 heavy (non-hydrogen) atoms. The van der Waals surface area contributed by atoms with E-state index in [0.29, 0.717) is 5.56 Å². The van der Waals surface area contributed by atoms with Crippen molar-refractivity contribution in [1.82, 2.24) is 5.32 Å². The monoisotopic (exact) mass is 287 g/mol. The number of hydrogen-bond acceptors (Lipinski definition) is 2. The molecule has 0 saturated carbocycles. The lowest BCUT2D eigenvalue weighted by Gasteiger charge is -2.06. The van der Waals surface area contributed by atoms with E-state index in [0.717, 1.165) is 4.47 Å². The number of carbonyl (C=O) groups is 2. The molecule has 3 nitrogen and oxygen atoms in total. The van der Waals surface area contributed by atoms with Crippen LogP contribution in [0.15, 0.2) is 22.7 Å². The fraction of sp³-hybridized carbons (Fsp3) is 0.273. The summed E-state index contributed by atoms with van der Waals surface area (Å²) in [5, 5.41) is 2.54. The maximum atomic E-state index is 12.9. The van der Waals surface area contributed by atoms with E-state index in [1.807, 2.05) is 0 Å². The Morgan fingerprint density at radius 2 is 2.12 bits per heavy atom. The minimum Gasteiger partial charge on any atom is -0.352 e. The van der Waals surface area contributed by atoms with Crippen LogP contribution >= 0.6 is 15.9 Å². The molecule has 86 valence electrons. The summed E-state index contributed by atoms with van der Waals surface area (Å²) in [4.78, 5) is 21.8. The molecule has 0 aliphatic carbocycles. The first kappa shape index (κ1) is 12.8. The zero-order valence-corrected chi connectivity index (χ0v) is 10.3. The maximum absolute atomic E-state index is 12.9. The van der Waals surface area contributed by atoms with E-state index >= 15 is 0 Å². The Morgan fingerprint density at radius 3 is 2.75 bits per heavy atom. The zero-order chi connectivity index (χ0) is 12.1. The molecule has 0 radical (unpaired) electrons. The molecule has 1 rings (SSSR count). The highest BCUT2D eigenvalue weighted by Gasteiger charge is 2.06. The Hall–Kier alpha value is -1.23. The van der Waals surface area contributed by atoms with Gasteiger partial charge in [0.15, 0.2) is 0 Å². The number of rotatable bonds is 4. The van der Waals surface area contributed by atoms with Crippen LogP contribution in [0.4, 0.5) is 4.39 Å². The van der Waals surface area contributed by atoms with Crippen molar-refractivity contribution in [3.05, 3.63) is 34.1 Å². The molecule has 0 atom stereocenters. The first-order valence-corrected chi connectivity index (χ1v) is 5.48. The van der Waals surface area contributed by atoms with E-state index in [1.54, 1.807) is 6.07 Å². The topological polar surface area (TPSA) is 46.2 Å². The van der Waals surface area contributed by atoms with Crippen LogP contribution in [-0.4, -0.2) is 11.7 Å². The van der Waals surface area contributed by atoms with Crippen LogP contribution in [0, 0.1) is 5.82 Å². The first-order valence-electron chi connectivity index (χ1n) is 4.69. The number of halogens is 2. The fourth-order valence-electron chi connectivity index (χ4n) is 1.16.